The summed E-state index contributed by atoms with van der Waals surface area (Å²) in [6.45, 7) is 10.9. The Labute approximate surface area is 293 Å². The van der Waals surface area contributed by atoms with E-state index in [4.69, 9.17) is 4.74 Å². The fraction of sp³-hybridized carbons (Fsp3) is 0.359. The van der Waals surface area contributed by atoms with Crippen molar-refractivity contribution in [2.45, 2.75) is 72.8 Å². The Balaban J connectivity index is 1.49. The summed E-state index contributed by atoms with van der Waals surface area (Å²) >= 11 is 7.35. The van der Waals surface area contributed by atoms with Crippen LogP contribution in [0.3, 0.4) is 0 Å². The quantitative estimate of drug-likeness (QED) is 0.260. The molecule has 0 fully saturated rings. The van der Waals surface area contributed by atoms with E-state index in [1.54, 1.807) is 0 Å². The van der Waals surface area contributed by atoms with E-state index in [1.165, 1.54) is 0 Å². The van der Waals surface area contributed by atoms with Crippen molar-refractivity contribution in [1.29, 1.82) is 0 Å². The highest BCUT2D eigenvalue weighted by molar-refractivity contribution is 9.11. The number of benzene rings is 3. The number of hydrogen-bond donors (Lipinski definition) is 1. The van der Waals surface area contributed by atoms with Crippen molar-refractivity contribution < 1.29 is 19.1 Å². The first-order valence-corrected chi connectivity index (χ1v) is 17.6. The van der Waals surface area contributed by atoms with E-state index in [0.29, 0.717) is 64.8 Å². The summed E-state index contributed by atoms with van der Waals surface area (Å²) in [6, 6.07) is 21.6. The maximum atomic E-state index is 14.4. The van der Waals surface area contributed by atoms with Crippen LogP contribution in [-0.4, -0.2) is 29.0 Å². The predicted molar refractivity (Wildman–Crippen MR) is 192 cm³/mol. The Hall–Kier alpha value is -3.49. The third-order valence-electron chi connectivity index (χ3n) is 9.24. The van der Waals surface area contributed by atoms with Crippen LogP contribution in [0.4, 0.5) is 5.69 Å². The summed E-state index contributed by atoms with van der Waals surface area (Å²) in [5.74, 6) is -0.394. The largest absolute Gasteiger partial charge is 0.482 e. The van der Waals surface area contributed by atoms with Crippen molar-refractivity contribution >= 4 is 55.0 Å². The number of halogens is 2. The Morgan fingerprint density at radius 3 is 2.00 bits per heavy atom. The molecule has 47 heavy (non-hydrogen) atoms. The summed E-state index contributed by atoms with van der Waals surface area (Å²) in [7, 11) is 0. The van der Waals surface area contributed by atoms with Crippen LogP contribution >= 0.6 is 31.9 Å². The van der Waals surface area contributed by atoms with Gasteiger partial charge in [0.05, 0.1) is 4.47 Å². The minimum Gasteiger partial charge on any atom is -0.482 e. The number of ketones is 2. The molecule has 1 N–H and O–H groups in total. The van der Waals surface area contributed by atoms with Crippen LogP contribution in [0.15, 0.2) is 98.2 Å². The van der Waals surface area contributed by atoms with Gasteiger partial charge in [0.25, 0.3) is 5.91 Å². The SMILES string of the molecule is Cc1ccc(NC(=O)COc2c(Br)cc(Br)cc2C2C3=C(CC(C)(C)CC3=O)N(Cc3ccccc3)C3=C2C(=O)CC(C)(C)C3)cc1. The normalized spacial score (nSPS) is 19.0. The topological polar surface area (TPSA) is 75.7 Å². The molecule has 3 aromatic rings. The van der Waals surface area contributed by atoms with Gasteiger partial charge < -0.3 is 15.0 Å². The van der Waals surface area contributed by atoms with Gasteiger partial charge in [-0.25, -0.2) is 0 Å². The van der Waals surface area contributed by atoms with E-state index in [2.05, 4.69) is 81.9 Å². The number of carbonyl (C=O) groups is 3. The van der Waals surface area contributed by atoms with Crippen molar-refractivity contribution in [2.24, 2.45) is 10.8 Å². The van der Waals surface area contributed by atoms with Crippen molar-refractivity contribution in [3.8, 4) is 5.75 Å². The molecule has 3 aromatic carbocycles. The number of carbonyl (C=O) groups excluding carboxylic acids is 3. The molecule has 0 saturated carbocycles. The van der Waals surface area contributed by atoms with E-state index in [9.17, 15) is 14.4 Å². The lowest BCUT2D eigenvalue weighted by Gasteiger charge is -2.49. The molecule has 6 rings (SSSR count). The molecule has 0 radical (unpaired) electrons. The molecule has 244 valence electrons. The van der Waals surface area contributed by atoms with Gasteiger partial charge in [-0.1, -0.05) is 91.7 Å². The molecule has 0 saturated heterocycles. The van der Waals surface area contributed by atoms with Crippen LogP contribution < -0.4 is 10.1 Å². The zero-order chi connectivity index (χ0) is 33.7. The van der Waals surface area contributed by atoms with Gasteiger partial charge in [0.15, 0.2) is 18.2 Å². The number of aryl methyl sites for hydroxylation is 1. The predicted octanol–water partition coefficient (Wildman–Crippen LogP) is 9.42. The van der Waals surface area contributed by atoms with Crippen LogP contribution in [0.2, 0.25) is 0 Å². The highest BCUT2D eigenvalue weighted by Crippen LogP contribution is 2.56. The third kappa shape index (κ3) is 7.05. The molecule has 8 heteroatoms. The monoisotopic (exact) mass is 758 g/mol. The van der Waals surface area contributed by atoms with Crippen LogP contribution in [0.25, 0.3) is 0 Å². The molecule has 0 aromatic heterocycles. The van der Waals surface area contributed by atoms with E-state index in [0.717, 1.165) is 27.0 Å². The summed E-state index contributed by atoms with van der Waals surface area (Å²) < 4.78 is 7.72. The Morgan fingerprint density at radius 1 is 0.851 bits per heavy atom. The third-order valence-corrected chi connectivity index (χ3v) is 10.3. The van der Waals surface area contributed by atoms with Crippen LogP contribution in [0.1, 0.15) is 76.0 Å². The first-order chi connectivity index (χ1) is 22.2. The molecule has 3 aliphatic rings. The highest BCUT2D eigenvalue weighted by atomic mass is 79.9. The summed E-state index contributed by atoms with van der Waals surface area (Å²) in [4.78, 5) is 44.1. The first-order valence-electron chi connectivity index (χ1n) is 16.0. The lowest BCUT2D eigenvalue weighted by molar-refractivity contribution is -0.120. The van der Waals surface area contributed by atoms with E-state index >= 15 is 0 Å². The zero-order valence-corrected chi connectivity index (χ0v) is 30.7. The first kappa shape index (κ1) is 33.4. The summed E-state index contributed by atoms with van der Waals surface area (Å²) in [5, 5.41) is 2.90. The van der Waals surface area contributed by atoms with Gasteiger partial charge in [0, 0.05) is 63.6 Å². The van der Waals surface area contributed by atoms with E-state index in [-0.39, 0.29) is 34.9 Å². The summed E-state index contributed by atoms with van der Waals surface area (Å²) in [5.41, 5.74) is 6.37. The standard InChI is InChI=1S/C39H40Br2N2O4/c1-23-11-13-26(14-12-23)42-33(46)22-47-37-27(15-25(40)16-28(37)41)34-35-29(17-38(2,3)19-31(35)44)43(21-24-9-7-6-8-10-24)30-18-39(4,5)20-32(45)36(30)34/h6-16,34H,17-22H2,1-5H3,(H,42,46). The number of amides is 1. The molecule has 2 aliphatic carbocycles. The highest BCUT2D eigenvalue weighted by Gasteiger charge is 2.49. The number of hydrogen-bond acceptors (Lipinski definition) is 5. The minimum absolute atomic E-state index is 0.0441. The van der Waals surface area contributed by atoms with Gasteiger partial charge in [-0.2, -0.15) is 0 Å². The molecule has 0 unspecified atom stereocenters. The Morgan fingerprint density at radius 2 is 1.43 bits per heavy atom. The fourth-order valence-electron chi connectivity index (χ4n) is 7.23. The average Bonchev–Trinajstić information content (AvgIpc) is 2.97. The maximum Gasteiger partial charge on any atom is 0.262 e. The van der Waals surface area contributed by atoms with Crippen molar-refractivity contribution in [1.82, 2.24) is 4.90 Å². The van der Waals surface area contributed by atoms with Crippen molar-refractivity contribution in [2.75, 3.05) is 11.9 Å². The summed E-state index contributed by atoms with van der Waals surface area (Å²) in [6.07, 6.45) is 2.17. The van der Waals surface area contributed by atoms with Gasteiger partial charge in [0.2, 0.25) is 0 Å². The molecule has 1 amide bonds. The lowest BCUT2D eigenvalue weighted by Crippen LogP contribution is -2.44. The van der Waals surface area contributed by atoms with E-state index < -0.39 is 5.92 Å². The molecule has 1 heterocycles. The van der Waals surface area contributed by atoms with Gasteiger partial charge in [-0.3, -0.25) is 14.4 Å². The van der Waals surface area contributed by atoms with Crippen molar-refractivity contribution in [3.05, 3.63) is 115 Å². The van der Waals surface area contributed by atoms with Gasteiger partial charge in [-0.05, 0) is 76.4 Å². The second kappa shape index (κ2) is 12.8. The van der Waals surface area contributed by atoms with E-state index in [1.807, 2.05) is 61.5 Å². The molecule has 0 bridgehead atoms. The Kier molecular flexibility index (Phi) is 9.13. The molecule has 6 nitrogen and oxygen atoms in total. The van der Waals surface area contributed by atoms with Gasteiger partial charge in [-0.15, -0.1) is 0 Å². The van der Waals surface area contributed by atoms with Crippen molar-refractivity contribution in [3.63, 3.8) is 0 Å². The van der Waals surface area contributed by atoms with Crippen LogP contribution in [0.5, 0.6) is 5.75 Å². The van der Waals surface area contributed by atoms with Gasteiger partial charge >= 0.3 is 0 Å². The number of nitrogens with zero attached hydrogens (tertiary/aromatic N) is 1. The van der Waals surface area contributed by atoms with Crippen LogP contribution in [-0.2, 0) is 20.9 Å². The zero-order valence-electron chi connectivity index (χ0n) is 27.5. The second-order valence-electron chi connectivity index (χ2n) is 14.6. The van der Waals surface area contributed by atoms with Crippen LogP contribution in [0, 0.1) is 17.8 Å². The Bertz CT molecular complexity index is 1770. The molecular formula is C39H40Br2N2O4. The minimum atomic E-state index is -0.622. The lowest BCUT2D eigenvalue weighted by atomic mass is 9.63. The fourth-order valence-corrected chi connectivity index (χ4v) is 8.61. The second-order valence-corrected chi connectivity index (χ2v) is 16.4. The number of ether oxygens (including phenoxy) is 1. The number of allylic oxidation sites excluding steroid dienone is 4. The smallest absolute Gasteiger partial charge is 0.262 e. The van der Waals surface area contributed by atoms with Gasteiger partial charge in [0.1, 0.15) is 5.75 Å². The average molecular weight is 761 g/mol. The number of nitrogens with one attached hydrogen (secondary N) is 1. The molecule has 0 spiro atoms. The maximum absolute atomic E-state index is 14.4. The molecule has 1 aliphatic heterocycles. The molecular weight excluding hydrogens is 720 g/mol. The number of anilines is 1. The number of Topliss-reactive ketones (excluding diaryl/α,β-unsaturated/α-hetero) is 2. The molecule has 0 atom stereocenters. The number of rotatable bonds is 7.